The molecule has 0 fully saturated rings. The van der Waals surface area contributed by atoms with Gasteiger partial charge in [-0.2, -0.15) is 5.10 Å². The summed E-state index contributed by atoms with van der Waals surface area (Å²) >= 11 is 0. The first kappa shape index (κ1) is 20.6. The van der Waals surface area contributed by atoms with E-state index in [-0.39, 0.29) is 23.3 Å². The van der Waals surface area contributed by atoms with Gasteiger partial charge in [-0.25, -0.2) is 8.78 Å². The van der Waals surface area contributed by atoms with Crippen LogP contribution in [0.15, 0.2) is 29.0 Å². The van der Waals surface area contributed by atoms with E-state index in [1.165, 1.54) is 23.2 Å². The first-order chi connectivity index (χ1) is 12.7. The number of anilines is 1. The molecule has 27 heavy (non-hydrogen) atoms. The number of carbonyl (C=O) groups is 2. The van der Waals surface area contributed by atoms with E-state index in [0.717, 1.165) is 0 Å². The second-order valence-electron chi connectivity index (χ2n) is 7.01. The highest BCUT2D eigenvalue weighted by Gasteiger charge is 2.28. The third kappa shape index (κ3) is 5.38. The van der Waals surface area contributed by atoms with E-state index in [1.54, 1.807) is 19.9 Å². The highest BCUT2D eigenvalue weighted by molar-refractivity contribution is 6.00. The first-order valence-electron chi connectivity index (χ1n) is 8.69. The van der Waals surface area contributed by atoms with Gasteiger partial charge >= 0.3 is 0 Å². The number of halogens is 2. The minimum atomic E-state index is -2.83. The van der Waals surface area contributed by atoms with Crippen LogP contribution in [0.5, 0.6) is 0 Å². The molecule has 2 heterocycles. The van der Waals surface area contributed by atoms with E-state index in [1.807, 2.05) is 13.8 Å². The van der Waals surface area contributed by atoms with Crippen LogP contribution >= 0.6 is 0 Å². The molecule has 9 heteroatoms. The summed E-state index contributed by atoms with van der Waals surface area (Å²) in [5.74, 6) is -1.17. The summed E-state index contributed by atoms with van der Waals surface area (Å²) in [6.45, 7) is 7.78. The van der Waals surface area contributed by atoms with Crippen LogP contribution in [-0.2, 0) is 11.3 Å². The Morgan fingerprint density at radius 2 is 1.96 bits per heavy atom. The third-order valence-electron chi connectivity index (χ3n) is 3.79. The molecule has 0 bridgehead atoms. The lowest BCUT2D eigenvalue weighted by Gasteiger charge is -2.21. The molecule has 2 aromatic rings. The number of furan rings is 1. The van der Waals surface area contributed by atoms with Gasteiger partial charge in [-0.15, -0.1) is 0 Å². The largest absolute Gasteiger partial charge is 0.459 e. The molecule has 2 rings (SSSR count). The Kier molecular flexibility index (Phi) is 6.70. The van der Waals surface area contributed by atoms with Crippen LogP contribution in [0.1, 0.15) is 50.4 Å². The zero-order valence-electron chi connectivity index (χ0n) is 15.7. The van der Waals surface area contributed by atoms with Crippen LogP contribution in [0.3, 0.4) is 0 Å². The van der Waals surface area contributed by atoms with Crippen LogP contribution < -0.4 is 10.6 Å². The van der Waals surface area contributed by atoms with Gasteiger partial charge in [0.2, 0.25) is 5.91 Å². The molecule has 0 aliphatic rings. The van der Waals surface area contributed by atoms with E-state index in [4.69, 9.17) is 4.42 Å². The van der Waals surface area contributed by atoms with Gasteiger partial charge in [0.15, 0.2) is 11.5 Å². The third-order valence-corrected chi connectivity index (χ3v) is 3.79. The minimum absolute atomic E-state index is 0.0615. The zero-order chi connectivity index (χ0) is 20.1. The molecular weight excluding hydrogens is 358 g/mol. The second kappa shape index (κ2) is 8.79. The van der Waals surface area contributed by atoms with Crippen LogP contribution in [0.25, 0.3) is 0 Å². The number of nitrogens with one attached hydrogen (secondary N) is 2. The van der Waals surface area contributed by atoms with Crippen molar-refractivity contribution in [3.63, 3.8) is 0 Å². The van der Waals surface area contributed by atoms with Crippen molar-refractivity contribution in [3.8, 4) is 0 Å². The number of amides is 2. The summed E-state index contributed by atoms with van der Waals surface area (Å²) < 4.78 is 32.9. The average Bonchev–Trinajstić information content (AvgIpc) is 3.21. The fraction of sp³-hybridized carbons (Fsp3) is 0.500. The molecule has 0 saturated heterocycles. The van der Waals surface area contributed by atoms with Crippen molar-refractivity contribution in [1.29, 1.82) is 0 Å². The Morgan fingerprint density at radius 1 is 1.26 bits per heavy atom. The lowest BCUT2D eigenvalue weighted by molar-refractivity contribution is -0.118. The van der Waals surface area contributed by atoms with E-state index >= 15 is 0 Å². The molecule has 2 N–H and O–H groups in total. The molecule has 0 radical (unpaired) electrons. The van der Waals surface area contributed by atoms with E-state index in [2.05, 4.69) is 15.7 Å². The summed E-state index contributed by atoms with van der Waals surface area (Å²) in [4.78, 5) is 24.8. The fourth-order valence-electron chi connectivity index (χ4n) is 2.53. The standard InChI is InChI=1S/C18H24F2N4O3/c1-10(2)8-24-9-12(15(23-24)16(19)20)21-18(26)14(11(3)4)22-17(25)13-6-5-7-27-13/h5-7,9-11,14,16H,8H2,1-4H3,(H,21,26)(H,22,25). The molecule has 1 unspecified atom stereocenters. The maximum atomic E-state index is 13.3. The van der Waals surface area contributed by atoms with Gasteiger partial charge in [0.1, 0.15) is 6.04 Å². The number of alkyl halides is 2. The number of hydrogen-bond acceptors (Lipinski definition) is 4. The summed E-state index contributed by atoms with van der Waals surface area (Å²) in [6.07, 6.45) is -0.105. The summed E-state index contributed by atoms with van der Waals surface area (Å²) in [7, 11) is 0. The zero-order valence-corrected chi connectivity index (χ0v) is 15.7. The van der Waals surface area contributed by atoms with E-state index in [9.17, 15) is 18.4 Å². The number of rotatable bonds is 8. The lowest BCUT2D eigenvalue weighted by atomic mass is 10.0. The normalized spacial score (nSPS) is 12.6. The Hall–Kier alpha value is -2.71. The van der Waals surface area contributed by atoms with Crippen molar-refractivity contribution in [2.24, 2.45) is 11.8 Å². The smallest absolute Gasteiger partial charge is 0.287 e. The number of hydrogen-bond donors (Lipinski definition) is 2. The SMILES string of the molecule is CC(C)Cn1cc(NC(=O)C(NC(=O)c2ccco2)C(C)C)c(C(F)F)n1. The Labute approximate surface area is 156 Å². The van der Waals surface area contributed by atoms with Crippen molar-refractivity contribution in [1.82, 2.24) is 15.1 Å². The Bertz CT molecular complexity index is 770. The molecule has 1 atom stereocenters. The van der Waals surface area contributed by atoms with Crippen LogP contribution in [-0.4, -0.2) is 27.6 Å². The average molecular weight is 382 g/mol. The van der Waals surface area contributed by atoms with E-state index in [0.29, 0.717) is 6.54 Å². The monoisotopic (exact) mass is 382 g/mol. The van der Waals surface area contributed by atoms with Gasteiger partial charge in [0.05, 0.1) is 12.0 Å². The summed E-state index contributed by atoms with van der Waals surface area (Å²) in [5, 5.41) is 8.90. The maximum absolute atomic E-state index is 13.3. The minimum Gasteiger partial charge on any atom is -0.459 e. The van der Waals surface area contributed by atoms with Gasteiger partial charge in [-0.1, -0.05) is 27.7 Å². The van der Waals surface area contributed by atoms with E-state index < -0.39 is 30.0 Å². The van der Waals surface area contributed by atoms with Gasteiger partial charge in [-0.3, -0.25) is 14.3 Å². The van der Waals surface area contributed by atoms with Crippen molar-refractivity contribution >= 4 is 17.5 Å². The summed E-state index contributed by atoms with van der Waals surface area (Å²) in [5.41, 5.74) is -0.558. The van der Waals surface area contributed by atoms with Crippen LogP contribution in [0, 0.1) is 11.8 Å². The Balaban J connectivity index is 2.17. The van der Waals surface area contributed by atoms with Crippen molar-refractivity contribution in [3.05, 3.63) is 36.0 Å². The van der Waals surface area contributed by atoms with Crippen molar-refractivity contribution in [2.45, 2.75) is 46.7 Å². The highest BCUT2D eigenvalue weighted by Crippen LogP contribution is 2.26. The quantitative estimate of drug-likeness (QED) is 0.732. The molecule has 2 amide bonds. The van der Waals surface area contributed by atoms with Gasteiger partial charge in [-0.05, 0) is 24.0 Å². The fourth-order valence-corrected chi connectivity index (χ4v) is 2.53. The lowest BCUT2D eigenvalue weighted by Crippen LogP contribution is -2.47. The topological polar surface area (TPSA) is 89.2 Å². The molecule has 7 nitrogen and oxygen atoms in total. The Morgan fingerprint density at radius 3 is 2.48 bits per heavy atom. The molecule has 0 aliphatic carbocycles. The number of aromatic nitrogens is 2. The first-order valence-corrected chi connectivity index (χ1v) is 8.69. The van der Waals surface area contributed by atoms with Crippen molar-refractivity contribution in [2.75, 3.05) is 5.32 Å². The van der Waals surface area contributed by atoms with Crippen LogP contribution in [0.4, 0.5) is 14.5 Å². The highest BCUT2D eigenvalue weighted by atomic mass is 19.3. The van der Waals surface area contributed by atoms with Gasteiger partial charge < -0.3 is 15.1 Å². The van der Waals surface area contributed by atoms with Crippen molar-refractivity contribution < 1.29 is 22.8 Å². The molecule has 0 spiro atoms. The number of nitrogens with zero attached hydrogens (tertiary/aromatic N) is 2. The molecular formula is C18H24F2N4O3. The van der Waals surface area contributed by atoms with Gasteiger partial charge in [0, 0.05) is 12.7 Å². The predicted molar refractivity (Wildman–Crippen MR) is 95.5 cm³/mol. The number of carbonyl (C=O) groups excluding carboxylic acids is 2. The second-order valence-corrected chi connectivity index (χ2v) is 7.01. The predicted octanol–water partition coefficient (Wildman–Crippen LogP) is 3.46. The molecule has 0 aliphatic heterocycles. The molecule has 2 aromatic heterocycles. The molecule has 148 valence electrons. The van der Waals surface area contributed by atoms with Crippen LogP contribution in [0.2, 0.25) is 0 Å². The molecule has 0 aromatic carbocycles. The summed E-state index contributed by atoms with van der Waals surface area (Å²) in [6, 6.07) is 2.09. The van der Waals surface area contributed by atoms with Gasteiger partial charge in [0.25, 0.3) is 12.3 Å². The maximum Gasteiger partial charge on any atom is 0.287 e. The molecule has 0 saturated carbocycles.